The molecule has 1 aliphatic rings. The van der Waals surface area contributed by atoms with Gasteiger partial charge in [-0.15, -0.1) is 0 Å². The van der Waals surface area contributed by atoms with Gasteiger partial charge in [0.15, 0.2) is 6.23 Å². The number of carbonyl (C=O) groups is 1. The molecule has 3 aromatic rings. The number of aromatic amines is 1. The van der Waals surface area contributed by atoms with Crippen LogP contribution in [0.2, 0.25) is 25.7 Å². The Labute approximate surface area is 226 Å². The van der Waals surface area contributed by atoms with E-state index in [1.54, 1.807) is 6.33 Å². The summed E-state index contributed by atoms with van der Waals surface area (Å²) in [4.78, 5) is 30.2. The third kappa shape index (κ3) is 7.19. The second-order valence-electron chi connectivity index (χ2n) is 11.1. The fourth-order valence-electron chi connectivity index (χ4n) is 4.62. The molecule has 0 aliphatic carbocycles. The van der Waals surface area contributed by atoms with Gasteiger partial charge in [0.2, 0.25) is 5.88 Å². The van der Waals surface area contributed by atoms with Crippen molar-refractivity contribution >= 4 is 25.1 Å². The zero-order valence-corrected chi connectivity index (χ0v) is 24.3. The maximum Gasteiger partial charge on any atom is 0.342 e. The van der Waals surface area contributed by atoms with Gasteiger partial charge in [0.05, 0.1) is 13.4 Å². The number of aromatic nitrogens is 3. The van der Waals surface area contributed by atoms with Gasteiger partial charge in [-0.2, -0.15) is 0 Å². The number of fused-ring (bicyclic) bond motifs is 1. The molecule has 1 saturated heterocycles. The van der Waals surface area contributed by atoms with Gasteiger partial charge in [0.1, 0.15) is 28.9 Å². The number of imidazole rings is 1. The number of hydrogen-bond donors (Lipinski definition) is 1. The number of methoxy groups -OCH3 is 1. The van der Waals surface area contributed by atoms with Crippen LogP contribution >= 0.6 is 0 Å². The molecule has 0 radical (unpaired) electrons. The van der Waals surface area contributed by atoms with Crippen LogP contribution in [-0.4, -0.2) is 85.7 Å². The SMILES string of the molecule is COC(=O)c1c(C(OCC[Si](C)(C)C)N(C)CCN2CCCC2)nc(OCc2ccccc2)c2[nH]cnc12. The Hall–Kier alpha value is -2.79. The van der Waals surface area contributed by atoms with Crippen LogP contribution in [0, 0.1) is 0 Å². The Kier molecular flexibility index (Phi) is 9.53. The molecule has 1 atom stereocenters. The lowest BCUT2D eigenvalue weighted by atomic mass is 10.1. The molecule has 0 spiro atoms. The highest BCUT2D eigenvalue weighted by atomic mass is 28.3. The fourth-order valence-corrected chi connectivity index (χ4v) is 5.35. The maximum atomic E-state index is 13.1. The first-order chi connectivity index (χ1) is 18.3. The molecule has 0 saturated carbocycles. The number of carbonyl (C=O) groups excluding carboxylic acids is 1. The highest BCUT2D eigenvalue weighted by Crippen LogP contribution is 2.33. The molecular weight excluding hydrogens is 498 g/mol. The number of rotatable bonds is 13. The smallest absolute Gasteiger partial charge is 0.342 e. The molecular formula is C28H41N5O4Si. The molecule has 3 heterocycles. The van der Waals surface area contributed by atoms with Gasteiger partial charge in [0, 0.05) is 27.8 Å². The molecule has 0 bridgehead atoms. The molecule has 1 fully saturated rings. The number of esters is 1. The van der Waals surface area contributed by atoms with Crippen LogP contribution < -0.4 is 4.74 Å². The average molecular weight is 540 g/mol. The van der Waals surface area contributed by atoms with Crippen molar-refractivity contribution in [2.24, 2.45) is 0 Å². The Morgan fingerprint density at radius 1 is 1.18 bits per heavy atom. The summed E-state index contributed by atoms with van der Waals surface area (Å²) >= 11 is 0. The van der Waals surface area contributed by atoms with Crippen molar-refractivity contribution in [3.63, 3.8) is 0 Å². The van der Waals surface area contributed by atoms with E-state index in [1.807, 2.05) is 37.4 Å². The van der Waals surface area contributed by atoms with Gasteiger partial charge < -0.3 is 24.1 Å². The highest BCUT2D eigenvalue weighted by molar-refractivity contribution is 6.76. The summed E-state index contributed by atoms with van der Waals surface area (Å²) in [5, 5.41) is 0. The quantitative estimate of drug-likeness (QED) is 0.190. The van der Waals surface area contributed by atoms with Gasteiger partial charge >= 0.3 is 5.97 Å². The summed E-state index contributed by atoms with van der Waals surface area (Å²) in [7, 11) is 2.06. The monoisotopic (exact) mass is 539 g/mol. The average Bonchev–Trinajstić information content (AvgIpc) is 3.60. The Bertz CT molecular complexity index is 1190. The van der Waals surface area contributed by atoms with E-state index in [-0.39, 0.29) is 0 Å². The first-order valence-electron chi connectivity index (χ1n) is 13.4. The molecule has 9 nitrogen and oxygen atoms in total. The number of nitrogens with one attached hydrogen (secondary N) is 1. The Morgan fingerprint density at radius 3 is 2.61 bits per heavy atom. The summed E-state index contributed by atoms with van der Waals surface area (Å²) in [5.41, 5.74) is 2.83. The third-order valence-corrected chi connectivity index (χ3v) is 8.61. The second-order valence-corrected chi connectivity index (χ2v) is 16.8. The van der Waals surface area contributed by atoms with Crippen LogP contribution in [-0.2, 0) is 16.1 Å². The van der Waals surface area contributed by atoms with Crippen molar-refractivity contribution < 1.29 is 19.0 Å². The molecule has 2 aromatic heterocycles. The molecule has 1 unspecified atom stereocenters. The molecule has 1 aliphatic heterocycles. The van der Waals surface area contributed by atoms with E-state index in [1.165, 1.54) is 20.0 Å². The molecule has 4 rings (SSSR count). The van der Waals surface area contributed by atoms with E-state index in [9.17, 15) is 4.79 Å². The lowest BCUT2D eigenvalue weighted by Crippen LogP contribution is -2.36. The number of pyridine rings is 1. The summed E-state index contributed by atoms with van der Waals surface area (Å²) in [6.45, 7) is 11.8. The van der Waals surface area contributed by atoms with Gasteiger partial charge in [0.25, 0.3) is 0 Å². The van der Waals surface area contributed by atoms with E-state index >= 15 is 0 Å². The van der Waals surface area contributed by atoms with Crippen LogP contribution in [0.4, 0.5) is 0 Å². The molecule has 1 aromatic carbocycles. The van der Waals surface area contributed by atoms with Crippen LogP contribution in [0.3, 0.4) is 0 Å². The minimum absolute atomic E-state index is 0.307. The zero-order chi connectivity index (χ0) is 27.1. The minimum atomic E-state index is -1.34. The van der Waals surface area contributed by atoms with Crippen molar-refractivity contribution in [2.75, 3.05) is 46.9 Å². The van der Waals surface area contributed by atoms with E-state index in [0.717, 1.165) is 37.8 Å². The molecule has 10 heteroatoms. The van der Waals surface area contributed by atoms with E-state index in [0.29, 0.717) is 41.4 Å². The molecule has 1 N–H and O–H groups in total. The van der Waals surface area contributed by atoms with Crippen LogP contribution in [0.5, 0.6) is 5.88 Å². The van der Waals surface area contributed by atoms with Crippen molar-refractivity contribution in [2.45, 2.75) is 51.4 Å². The Balaban J connectivity index is 1.71. The van der Waals surface area contributed by atoms with Crippen molar-refractivity contribution in [3.8, 4) is 5.88 Å². The topological polar surface area (TPSA) is 92.8 Å². The fraction of sp³-hybridized carbons (Fsp3) is 0.536. The minimum Gasteiger partial charge on any atom is -0.471 e. The lowest BCUT2D eigenvalue weighted by Gasteiger charge is -2.31. The first kappa shape index (κ1) is 28.2. The molecule has 0 amide bonds. The van der Waals surface area contributed by atoms with Gasteiger partial charge in [-0.1, -0.05) is 50.0 Å². The summed E-state index contributed by atoms with van der Waals surface area (Å²) in [6, 6.07) is 10.9. The van der Waals surface area contributed by atoms with E-state index < -0.39 is 20.3 Å². The normalized spacial score (nSPS) is 15.3. The van der Waals surface area contributed by atoms with Crippen molar-refractivity contribution in [1.82, 2.24) is 24.8 Å². The number of ether oxygens (including phenoxy) is 3. The van der Waals surface area contributed by atoms with Gasteiger partial charge in [-0.05, 0) is 44.6 Å². The summed E-state index contributed by atoms with van der Waals surface area (Å²) in [6.07, 6.45) is 3.48. The highest BCUT2D eigenvalue weighted by Gasteiger charge is 2.32. The van der Waals surface area contributed by atoms with E-state index in [4.69, 9.17) is 19.2 Å². The first-order valence-corrected chi connectivity index (χ1v) is 17.1. The van der Waals surface area contributed by atoms with Crippen molar-refractivity contribution in [1.29, 1.82) is 0 Å². The molecule has 206 valence electrons. The predicted molar refractivity (Wildman–Crippen MR) is 151 cm³/mol. The number of likely N-dealkylation sites (N-methyl/N-ethyl adjacent to an activating group) is 1. The van der Waals surface area contributed by atoms with Crippen molar-refractivity contribution in [3.05, 3.63) is 53.5 Å². The largest absolute Gasteiger partial charge is 0.471 e. The molecule has 38 heavy (non-hydrogen) atoms. The second kappa shape index (κ2) is 12.8. The standard InChI is InChI=1S/C28H41N5O4Si/c1-32(15-16-33-13-9-10-14-33)27(36-17-18-38(3,4)5)24-22(28(34)35-2)23-25(30-20-29-23)26(31-24)37-19-21-11-7-6-8-12-21/h6-8,11-12,20,27H,9-10,13-19H2,1-5H3,(H,29,30). The van der Waals surface area contributed by atoms with Gasteiger partial charge in [-0.3, -0.25) is 4.90 Å². The maximum absolute atomic E-state index is 13.1. The van der Waals surface area contributed by atoms with Gasteiger partial charge in [-0.25, -0.2) is 14.8 Å². The lowest BCUT2D eigenvalue weighted by molar-refractivity contribution is -0.0507. The number of hydrogen-bond acceptors (Lipinski definition) is 8. The third-order valence-electron chi connectivity index (χ3n) is 6.91. The predicted octanol–water partition coefficient (Wildman–Crippen LogP) is 4.70. The number of H-pyrrole nitrogens is 1. The van der Waals surface area contributed by atoms with E-state index in [2.05, 4.69) is 39.4 Å². The number of benzene rings is 1. The summed E-state index contributed by atoms with van der Waals surface area (Å²) in [5.74, 6) is -0.110. The van der Waals surface area contributed by atoms with Crippen LogP contribution in [0.25, 0.3) is 11.0 Å². The zero-order valence-electron chi connectivity index (χ0n) is 23.3. The van der Waals surface area contributed by atoms with Crippen LogP contribution in [0.1, 0.15) is 40.7 Å². The van der Waals surface area contributed by atoms with Crippen LogP contribution in [0.15, 0.2) is 36.7 Å². The number of nitrogens with zero attached hydrogens (tertiary/aromatic N) is 4. The summed E-state index contributed by atoms with van der Waals surface area (Å²) < 4.78 is 17.9. The number of likely N-dealkylation sites (tertiary alicyclic amines) is 1. The Morgan fingerprint density at radius 2 is 1.92 bits per heavy atom.